The van der Waals surface area contributed by atoms with Crippen LogP contribution in [0.3, 0.4) is 0 Å². The fraction of sp³-hybridized carbons (Fsp3) is 0.562. The Morgan fingerprint density at radius 1 is 1.29 bits per heavy atom. The number of nitrogens with zero attached hydrogens (tertiary/aromatic N) is 2. The molecule has 1 aliphatic rings. The molecule has 1 saturated carbocycles. The van der Waals surface area contributed by atoms with Crippen molar-refractivity contribution >= 4 is 11.0 Å². The van der Waals surface area contributed by atoms with Crippen molar-refractivity contribution in [3.05, 3.63) is 34.2 Å². The highest BCUT2D eigenvalue weighted by atomic mass is 16.5. The molecule has 2 aromatic rings. The van der Waals surface area contributed by atoms with Crippen LogP contribution in [0.15, 0.2) is 23.0 Å². The van der Waals surface area contributed by atoms with Gasteiger partial charge in [-0.2, -0.15) is 0 Å². The Labute approximate surface area is 123 Å². The molecule has 1 fully saturated rings. The highest BCUT2D eigenvalue weighted by molar-refractivity contribution is 5.76. The molecule has 5 nitrogen and oxygen atoms in total. The maximum atomic E-state index is 11.9. The number of benzene rings is 1. The first-order valence-electron chi connectivity index (χ1n) is 7.36. The van der Waals surface area contributed by atoms with E-state index in [4.69, 9.17) is 4.74 Å². The Balaban J connectivity index is 1.94. The summed E-state index contributed by atoms with van der Waals surface area (Å²) in [5, 5.41) is 10.5. The van der Waals surface area contributed by atoms with Gasteiger partial charge >= 0.3 is 5.69 Å². The summed E-state index contributed by atoms with van der Waals surface area (Å²) in [6.07, 6.45) is 3.21. The Bertz CT molecular complexity index is 719. The Hall–Kier alpha value is -1.59. The molecule has 1 aromatic heterocycles. The zero-order valence-electron chi connectivity index (χ0n) is 12.8. The summed E-state index contributed by atoms with van der Waals surface area (Å²) >= 11 is 0. The SMILES string of the molecule is COC1(CC(O)c2ccc3c(c2)n(C)c(=O)n3C)CCC1. The molecule has 0 amide bonds. The number of ether oxygens (including phenoxy) is 1. The van der Waals surface area contributed by atoms with E-state index in [1.807, 2.05) is 18.2 Å². The number of methoxy groups -OCH3 is 1. The summed E-state index contributed by atoms with van der Waals surface area (Å²) in [5.41, 5.74) is 2.34. The zero-order chi connectivity index (χ0) is 15.2. The van der Waals surface area contributed by atoms with Crippen LogP contribution in [0.1, 0.15) is 37.4 Å². The molecule has 5 heteroatoms. The summed E-state index contributed by atoms with van der Waals surface area (Å²) in [6, 6.07) is 5.70. The van der Waals surface area contributed by atoms with Crippen molar-refractivity contribution in [2.24, 2.45) is 14.1 Å². The smallest absolute Gasteiger partial charge is 0.328 e. The predicted molar refractivity (Wildman–Crippen MR) is 81.3 cm³/mol. The predicted octanol–water partition coefficient (Wildman–Crippen LogP) is 1.87. The largest absolute Gasteiger partial charge is 0.388 e. The van der Waals surface area contributed by atoms with Crippen LogP contribution in [0.5, 0.6) is 0 Å². The summed E-state index contributed by atoms with van der Waals surface area (Å²) in [5.74, 6) is 0. The van der Waals surface area contributed by atoms with Gasteiger partial charge in [-0.15, -0.1) is 0 Å². The van der Waals surface area contributed by atoms with Crippen LogP contribution in [0.4, 0.5) is 0 Å². The molecule has 1 aromatic carbocycles. The third kappa shape index (κ3) is 2.21. The number of aryl methyl sites for hydroxylation is 2. The second kappa shape index (κ2) is 5.00. The van der Waals surface area contributed by atoms with Gasteiger partial charge < -0.3 is 9.84 Å². The summed E-state index contributed by atoms with van der Waals surface area (Å²) in [7, 11) is 5.23. The number of hydrogen-bond donors (Lipinski definition) is 1. The fourth-order valence-corrected chi connectivity index (χ4v) is 3.26. The van der Waals surface area contributed by atoms with Crippen molar-refractivity contribution in [3.63, 3.8) is 0 Å². The number of imidazole rings is 1. The molecule has 1 unspecified atom stereocenters. The molecule has 0 spiro atoms. The lowest BCUT2D eigenvalue weighted by atomic mass is 9.75. The van der Waals surface area contributed by atoms with E-state index in [1.165, 1.54) is 0 Å². The van der Waals surface area contributed by atoms with Gasteiger partial charge in [0.1, 0.15) is 0 Å². The molecular weight excluding hydrogens is 268 g/mol. The van der Waals surface area contributed by atoms with E-state index >= 15 is 0 Å². The molecule has 1 atom stereocenters. The molecule has 114 valence electrons. The summed E-state index contributed by atoms with van der Waals surface area (Å²) < 4.78 is 8.81. The average molecular weight is 290 g/mol. The first-order chi connectivity index (χ1) is 9.97. The van der Waals surface area contributed by atoms with E-state index in [9.17, 15) is 9.90 Å². The first-order valence-corrected chi connectivity index (χ1v) is 7.36. The molecule has 21 heavy (non-hydrogen) atoms. The number of hydrogen-bond acceptors (Lipinski definition) is 3. The Kier molecular flexibility index (Phi) is 3.42. The average Bonchev–Trinajstić information content (AvgIpc) is 2.67. The summed E-state index contributed by atoms with van der Waals surface area (Å²) in [6.45, 7) is 0. The minimum atomic E-state index is -0.565. The van der Waals surface area contributed by atoms with E-state index in [-0.39, 0.29) is 11.3 Å². The quantitative estimate of drug-likeness (QED) is 0.935. The van der Waals surface area contributed by atoms with Gasteiger partial charge in [0.15, 0.2) is 0 Å². The third-order valence-electron chi connectivity index (χ3n) is 4.94. The molecule has 1 heterocycles. The third-order valence-corrected chi connectivity index (χ3v) is 4.94. The van der Waals surface area contributed by atoms with Crippen LogP contribution < -0.4 is 5.69 Å². The molecule has 0 aliphatic heterocycles. The van der Waals surface area contributed by atoms with E-state index in [2.05, 4.69) is 0 Å². The van der Waals surface area contributed by atoms with Crippen LogP contribution in [0, 0.1) is 0 Å². The monoisotopic (exact) mass is 290 g/mol. The van der Waals surface area contributed by atoms with Crippen LogP contribution in [0.2, 0.25) is 0 Å². The Morgan fingerprint density at radius 2 is 1.95 bits per heavy atom. The van der Waals surface area contributed by atoms with E-state index < -0.39 is 6.10 Å². The Morgan fingerprint density at radius 3 is 2.52 bits per heavy atom. The zero-order valence-corrected chi connectivity index (χ0v) is 12.8. The minimum absolute atomic E-state index is 0.0519. The van der Waals surface area contributed by atoms with E-state index in [0.717, 1.165) is 35.9 Å². The molecule has 1 aliphatic carbocycles. The van der Waals surface area contributed by atoms with E-state index in [1.54, 1.807) is 30.3 Å². The van der Waals surface area contributed by atoms with Crippen LogP contribution >= 0.6 is 0 Å². The number of aliphatic hydroxyl groups is 1. The van der Waals surface area contributed by atoms with Gasteiger partial charge in [-0.25, -0.2) is 4.79 Å². The topological polar surface area (TPSA) is 56.4 Å². The van der Waals surface area contributed by atoms with Crippen LogP contribution in [0.25, 0.3) is 11.0 Å². The van der Waals surface area contributed by atoms with Crippen molar-refractivity contribution in [3.8, 4) is 0 Å². The fourth-order valence-electron chi connectivity index (χ4n) is 3.26. The van der Waals surface area contributed by atoms with Gasteiger partial charge in [0.05, 0.1) is 22.7 Å². The van der Waals surface area contributed by atoms with Gasteiger partial charge in [0.2, 0.25) is 0 Å². The molecule has 3 rings (SSSR count). The van der Waals surface area contributed by atoms with Gasteiger partial charge in [0, 0.05) is 27.6 Å². The number of aromatic nitrogens is 2. The number of fused-ring (bicyclic) bond motifs is 1. The van der Waals surface area contributed by atoms with Crippen molar-refractivity contribution < 1.29 is 9.84 Å². The number of aliphatic hydroxyl groups excluding tert-OH is 1. The van der Waals surface area contributed by atoms with Crippen molar-refractivity contribution in [2.75, 3.05) is 7.11 Å². The van der Waals surface area contributed by atoms with Gasteiger partial charge in [-0.1, -0.05) is 6.07 Å². The maximum absolute atomic E-state index is 11.9. The maximum Gasteiger partial charge on any atom is 0.328 e. The van der Waals surface area contributed by atoms with Crippen LogP contribution in [-0.2, 0) is 18.8 Å². The van der Waals surface area contributed by atoms with Gasteiger partial charge in [-0.3, -0.25) is 9.13 Å². The van der Waals surface area contributed by atoms with Crippen LogP contribution in [-0.4, -0.2) is 27.0 Å². The second-order valence-corrected chi connectivity index (χ2v) is 6.11. The lowest BCUT2D eigenvalue weighted by Crippen LogP contribution is -2.40. The second-order valence-electron chi connectivity index (χ2n) is 6.11. The molecule has 1 N–H and O–H groups in total. The first kappa shape index (κ1) is 14.4. The van der Waals surface area contributed by atoms with Gasteiger partial charge in [0.25, 0.3) is 0 Å². The lowest BCUT2D eigenvalue weighted by Gasteiger charge is -2.41. The molecule has 0 bridgehead atoms. The van der Waals surface area contributed by atoms with Crippen molar-refractivity contribution in [1.82, 2.24) is 9.13 Å². The minimum Gasteiger partial charge on any atom is -0.388 e. The van der Waals surface area contributed by atoms with E-state index in [0.29, 0.717) is 6.42 Å². The van der Waals surface area contributed by atoms with Crippen molar-refractivity contribution in [2.45, 2.75) is 37.4 Å². The van der Waals surface area contributed by atoms with Crippen molar-refractivity contribution in [1.29, 1.82) is 0 Å². The highest BCUT2D eigenvalue weighted by Gasteiger charge is 2.39. The molecule has 0 saturated heterocycles. The normalized spacial score (nSPS) is 18.7. The standard InChI is InChI=1S/C16H22N2O3/c1-17-12-6-5-11(9-13(12)18(2)15(17)20)14(19)10-16(21-3)7-4-8-16/h5-6,9,14,19H,4,7-8,10H2,1-3H3. The summed E-state index contributed by atoms with van der Waals surface area (Å²) in [4.78, 5) is 11.9. The highest BCUT2D eigenvalue weighted by Crippen LogP contribution is 2.42. The molecular formula is C16H22N2O3. The van der Waals surface area contributed by atoms with Gasteiger partial charge in [-0.05, 0) is 37.0 Å². The number of rotatable bonds is 4. The molecule has 0 radical (unpaired) electrons. The lowest BCUT2D eigenvalue weighted by molar-refractivity contribution is -0.0999.